The van der Waals surface area contributed by atoms with Crippen LogP contribution in [-0.4, -0.2) is 17.7 Å². The van der Waals surface area contributed by atoms with Crippen LogP contribution < -0.4 is 4.65 Å². The normalized spacial score (nSPS) is 9.00. The van der Waals surface area contributed by atoms with Gasteiger partial charge in [-0.25, -0.2) is 4.98 Å². The minimum Gasteiger partial charge on any atom is -0.539 e. The maximum Gasteiger partial charge on any atom is 0.504 e. The molecule has 0 radical (unpaired) electrons. The summed E-state index contributed by atoms with van der Waals surface area (Å²) in [4.78, 5) is 3.73. The van der Waals surface area contributed by atoms with Crippen LogP contribution in [-0.2, 0) is 0 Å². The average molecular weight is 157 g/mol. The second kappa shape index (κ2) is 3.44. The van der Waals surface area contributed by atoms with E-state index in [1.54, 1.807) is 6.07 Å². The monoisotopic (exact) mass is 157 g/mol. The Balaban J connectivity index is 2.75. The first kappa shape index (κ1) is 7.37. The number of rotatable bonds is 2. The number of aromatic nitrogens is 1. The molecule has 0 aromatic carbocycles. The van der Waals surface area contributed by atoms with Gasteiger partial charge in [0.1, 0.15) is 10.9 Å². The lowest BCUT2D eigenvalue weighted by Crippen LogP contribution is -1.99. The van der Waals surface area contributed by atoms with Crippen molar-refractivity contribution < 1.29 is 9.68 Å². The van der Waals surface area contributed by atoms with Crippen LogP contribution in [0, 0.1) is 0 Å². The van der Waals surface area contributed by atoms with Crippen LogP contribution in [0.15, 0.2) is 18.3 Å². The summed E-state index contributed by atoms with van der Waals surface area (Å²) in [7, 11) is -0.347. The molecule has 0 spiro atoms. The fraction of sp³-hybridized carbons (Fsp3) is 0. The SMILES string of the molecule is OBOc1ccnc(Cl)c1. The summed E-state index contributed by atoms with van der Waals surface area (Å²) in [5.74, 6) is 0.516. The topological polar surface area (TPSA) is 42.4 Å². The zero-order chi connectivity index (χ0) is 7.40. The van der Waals surface area contributed by atoms with Gasteiger partial charge in [-0.2, -0.15) is 0 Å². The Morgan fingerprint density at radius 1 is 1.70 bits per heavy atom. The van der Waals surface area contributed by atoms with Gasteiger partial charge in [0.2, 0.25) is 0 Å². The summed E-state index contributed by atoms with van der Waals surface area (Å²) >= 11 is 5.51. The predicted octanol–water partition coefficient (Wildman–Crippen LogP) is 0.373. The van der Waals surface area contributed by atoms with E-state index in [9.17, 15) is 0 Å². The van der Waals surface area contributed by atoms with E-state index >= 15 is 0 Å². The van der Waals surface area contributed by atoms with E-state index in [4.69, 9.17) is 21.3 Å². The average Bonchev–Trinajstić information content (AvgIpc) is 1.88. The van der Waals surface area contributed by atoms with Gasteiger partial charge in [-0.1, -0.05) is 11.6 Å². The lowest BCUT2D eigenvalue weighted by molar-refractivity contribution is 0.453. The molecule has 0 saturated heterocycles. The molecule has 0 aliphatic rings. The number of hydrogen-bond donors (Lipinski definition) is 1. The van der Waals surface area contributed by atoms with Gasteiger partial charge < -0.3 is 9.68 Å². The van der Waals surface area contributed by atoms with Crippen LogP contribution in [0.4, 0.5) is 0 Å². The van der Waals surface area contributed by atoms with Gasteiger partial charge >= 0.3 is 7.69 Å². The molecular weight excluding hydrogens is 152 g/mol. The first-order valence-electron chi connectivity index (χ1n) is 2.68. The van der Waals surface area contributed by atoms with Crippen LogP contribution in [0.5, 0.6) is 5.75 Å². The molecule has 0 saturated carbocycles. The molecule has 10 heavy (non-hydrogen) atoms. The summed E-state index contributed by atoms with van der Waals surface area (Å²) in [5.41, 5.74) is 0. The number of nitrogens with zero attached hydrogens (tertiary/aromatic N) is 1. The molecule has 0 bridgehead atoms. The van der Waals surface area contributed by atoms with Crippen molar-refractivity contribution >= 4 is 19.3 Å². The van der Waals surface area contributed by atoms with E-state index in [2.05, 4.69) is 4.98 Å². The van der Waals surface area contributed by atoms with Gasteiger partial charge in [-0.05, 0) is 6.07 Å². The Bertz CT molecular complexity index is 221. The van der Waals surface area contributed by atoms with E-state index in [0.717, 1.165) is 0 Å². The van der Waals surface area contributed by atoms with Gasteiger partial charge in [-0.3, -0.25) is 0 Å². The van der Waals surface area contributed by atoms with Crippen LogP contribution in [0.3, 0.4) is 0 Å². The van der Waals surface area contributed by atoms with Crippen molar-refractivity contribution in [3.05, 3.63) is 23.5 Å². The molecule has 52 valence electrons. The molecule has 0 unspecified atom stereocenters. The maximum atomic E-state index is 8.32. The number of hydrogen-bond acceptors (Lipinski definition) is 3. The van der Waals surface area contributed by atoms with Crippen LogP contribution >= 0.6 is 11.6 Å². The summed E-state index contributed by atoms with van der Waals surface area (Å²) < 4.78 is 4.72. The van der Waals surface area contributed by atoms with Gasteiger partial charge in [0.05, 0.1) is 0 Å². The van der Waals surface area contributed by atoms with Crippen molar-refractivity contribution in [2.24, 2.45) is 0 Å². The summed E-state index contributed by atoms with van der Waals surface area (Å²) in [6.45, 7) is 0. The highest BCUT2D eigenvalue weighted by atomic mass is 35.5. The number of pyridine rings is 1. The van der Waals surface area contributed by atoms with Crippen molar-refractivity contribution in [3.63, 3.8) is 0 Å². The molecule has 0 fully saturated rings. The predicted molar refractivity (Wildman–Crippen MR) is 39.2 cm³/mol. The molecule has 1 rings (SSSR count). The first-order valence-corrected chi connectivity index (χ1v) is 3.06. The Labute approximate surface area is 63.9 Å². The summed E-state index contributed by atoms with van der Waals surface area (Å²) in [6, 6.07) is 3.14. The second-order valence-corrected chi connectivity index (χ2v) is 1.97. The Kier molecular flexibility index (Phi) is 2.53. The molecule has 0 aliphatic heterocycles. The zero-order valence-corrected chi connectivity index (χ0v) is 5.88. The standard InChI is InChI=1S/C5H5BClNO2/c7-5-3-4(10-6-9)1-2-8-5/h1-3,6,9H. The molecule has 0 amide bonds. The number of halogens is 1. The van der Waals surface area contributed by atoms with E-state index in [1.165, 1.54) is 12.3 Å². The van der Waals surface area contributed by atoms with Gasteiger partial charge in [0.25, 0.3) is 0 Å². The van der Waals surface area contributed by atoms with Crippen LogP contribution in [0.1, 0.15) is 0 Å². The van der Waals surface area contributed by atoms with E-state index < -0.39 is 0 Å². The fourth-order valence-electron chi connectivity index (χ4n) is 0.549. The molecule has 1 heterocycles. The van der Waals surface area contributed by atoms with Crippen LogP contribution in [0.25, 0.3) is 0 Å². The lowest BCUT2D eigenvalue weighted by Gasteiger charge is -1.99. The van der Waals surface area contributed by atoms with Crippen molar-refractivity contribution in [1.29, 1.82) is 0 Å². The Morgan fingerprint density at radius 3 is 3.10 bits per heavy atom. The maximum absolute atomic E-state index is 8.32. The highest BCUT2D eigenvalue weighted by Gasteiger charge is 1.93. The smallest absolute Gasteiger partial charge is 0.504 e. The third-order valence-electron chi connectivity index (χ3n) is 0.929. The quantitative estimate of drug-likeness (QED) is 0.498. The molecule has 1 N–H and O–H groups in total. The highest BCUT2D eigenvalue weighted by Crippen LogP contribution is 2.13. The van der Waals surface area contributed by atoms with Crippen molar-refractivity contribution in [2.75, 3.05) is 0 Å². The minimum absolute atomic E-state index is 0.347. The van der Waals surface area contributed by atoms with E-state index in [1.807, 2.05) is 0 Å². The van der Waals surface area contributed by atoms with E-state index in [0.29, 0.717) is 10.9 Å². The van der Waals surface area contributed by atoms with Crippen molar-refractivity contribution in [3.8, 4) is 5.75 Å². The van der Waals surface area contributed by atoms with Gasteiger partial charge in [0, 0.05) is 12.3 Å². The minimum atomic E-state index is -0.347. The third kappa shape index (κ3) is 1.90. The molecule has 0 atom stereocenters. The largest absolute Gasteiger partial charge is 0.539 e. The lowest BCUT2D eigenvalue weighted by atomic mass is 10.4. The zero-order valence-electron chi connectivity index (χ0n) is 5.12. The van der Waals surface area contributed by atoms with Gasteiger partial charge in [0.15, 0.2) is 0 Å². The Morgan fingerprint density at radius 2 is 2.50 bits per heavy atom. The third-order valence-corrected chi connectivity index (χ3v) is 1.14. The fourth-order valence-corrected chi connectivity index (χ4v) is 0.713. The van der Waals surface area contributed by atoms with E-state index in [-0.39, 0.29) is 7.69 Å². The molecule has 1 aromatic rings. The molecule has 0 aliphatic carbocycles. The Hall–Kier alpha value is -0.735. The summed E-state index contributed by atoms with van der Waals surface area (Å²) in [5, 5.41) is 8.68. The first-order chi connectivity index (χ1) is 4.83. The molecule has 3 nitrogen and oxygen atoms in total. The highest BCUT2D eigenvalue weighted by molar-refractivity contribution is 6.29. The molecule has 1 aromatic heterocycles. The van der Waals surface area contributed by atoms with Crippen molar-refractivity contribution in [1.82, 2.24) is 4.98 Å². The molecule has 5 heteroatoms. The summed E-state index contributed by atoms with van der Waals surface area (Å²) in [6.07, 6.45) is 1.51. The van der Waals surface area contributed by atoms with Crippen LogP contribution in [0.2, 0.25) is 5.15 Å². The second-order valence-electron chi connectivity index (χ2n) is 1.59. The molecular formula is C5H5BClNO2. The van der Waals surface area contributed by atoms with Gasteiger partial charge in [-0.15, -0.1) is 0 Å². The van der Waals surface area contributed by atoms with Crippen molar-refractivity contribution in [2.45, 2.75) is 0 Å².